The van der Waals surface area contributed by atoms with Crippen molar-refractivity contribution in [2.75, 3.05) is 6.54 Å². The summed E-state index contributed by atoms with van der Waals surface area (Å²) in [4.78, 5) is 12.9. The van der Waals surface area contributed by atoms with E-state index < -0.39 is 30.3 Å². The Kier molecular flexibility index (Phi) is 5.48. The van der Waals surface area contributed by atoms with Crippen LogP contribution in [0.4, 0.5) is 0 Å². The quantitative estimate of drug-likeness (QED) is 0.769. The van der Waals surface area contributed by atoms with Crippen LogP contribution in [0.3, 0.4) is 0 Å². The highest BCUT2D eigenvalue weighted by molar-refractivity contribution is 5.87. The number of aliphatic hydroxyl groups is 2. The lowest BCUT2D eigenvalue weighted by Crippen LogP contribution is -2.41. The molecule has 1 amide bonds. The van der Waals surface area contributed by atoms with Gasteiger partial charge in [0.1, 0.15) is 18.3 Å². The van der Waals surface area contributed by atoms with Crippen LogP contribution in [0.15, 0.2) is 60.7 Å². The van der Waals surface area contributed by atoms with Crippen molar-refractivity contribution < 1.29 is 19.7 Å². The summed E-state index contributed by atoms with van der Waals surface area (Å²) in [5.41, 5.74) is 1.79. The minimum absolute atomic E-state index is 0.150. The molecule has 1 aliphatic heterocycles. The third kappa shape index (κ3) is 3.90. The highest BCUT2D eigenvalue weighted by Gasteiger charge is 2.40. The van der Waals surface area contributed by atoms with Crippen molar-refractivity contribution in [2.45, 2.75) is 37.3 Å². The van der Waals surface area contributed by atoms with Gasteiger partial charge in [-0.05, 0) is 18.1 Å². The van der Waals surface area contributed by atoms with E-state index in [0.717, 1.165) is 11.1 Å². The van der Waals surface area contributed by atoms with Crippen LogP contribution in [0.25, 0.3) is 0 Å². The Hall–Kier alpha value is -2.21. The lowest BCUT2D eigenvalue weighted by molar-refractivity contribution is -0.122. The molecule has 1 saturated heterocycles. The molecule has 4 atom stereocenters. The van der Waals surface area contributed by atoms with Gasteiger partial charge in [0, 0.05) is 6.54 Å². The summed E-state index contributed by atoms with van der Waals surface area (Å²) in [6.45, 7) is 1.85. The molecule has 1 aliphatic rings. The van der Waals surface area contributed by atoms with E-state index in [2.05, 4.69) is 5.32 Å². The molecule has 0 radical (unpaired) electrons. The number of carbonyl (C=O) groups is 1. The fourth-order valence-electron chi connectivity index (χ4n) is 3.19. The van der Waals surface area contributed by atoms with Gasteiger partial charge in [-0.3, -0.25) is 4.79 Å². The predicted octanol–water partition coefficient (Wildman–Crippen LogP) is 1.44. The molecule has 2 aromatic carbocycles. The zero-order valence-electron chi connectivity index (χ0n) is 14.1. The average Bonchev–Trinajstić information content (AvgIpc) is 2.89. The van der Waals surface area contributed by atoms with Crippen molar-refractivity contribution in [3.05, 3.63) is 71.8 Å². The standard InChI is InChI=1S/C20H23NO4/c1-13-18(22)19(23)16(25-13)12-21-20(24)17(14-8-4-2-5-9-14)15-10-6-3-7-11-15/h2-11,13,16-19,22-23H,12H2,1H3,(H,21,24)/t13-,16+,18?,19?/m0/s1. The Balaban J connectivity index is 1.74. The molecule has 25 heavy (non-hydrogen) atoms. The number of ether oxygens (including phenoxy) is 1. The fraction of sp³-hybridized carbons (Fsp3) is 0.350. The summed E-state index contributed by atoms with van der Waals surface area (Å²) in [6.07, 6.45) is -2.99. The normalized spacial score (nSPS) is 25.9. The molecule has 5 nitrogen and oxygen atoms in total. The Morgan fingerprint density at radius 3 is 1.96 bits per heavy atom. The zero-order valence-corrected chi connectivity index (χ0v) is 14.1. The second kappa shape index (κ2) is 7.78. The number of amides is 1. The second-order valence-electron chi connectivity index (χ2n) is 6.36. The fourth-order valence-corrected chi connectivity index (χ4v) is 3.19. The van der Waals surface area contributed by atoms with Crippen LogP contribution in [0.2, 0.25) is 0 Å². The first-order valence-corrected chi connectivity index (χ1v) is 8.47. The van der Waals surface area contributed by atoms with Gasteiger partial charge in [-0.15, -0.1) is 0 Å². The van der Waals surface area contributed by atoms with Gasteiger partial charge in [0.25, 0.3) is 0 Å². The zero-order chi connectivity index (χ0) is 17.8. The van der Waals surface area contributed by atoms with Crippen molar-refractivity contribution in [1.82, 2.24) is 5.32 Å². The van der Waals surface area contributed by atoms with Crippen LogP contribution < -0.4 is 5.32 Å². The van der Waals surface area contributed by atoms with Gasteiger partial charge in [-0.2, -0.15) is 0 Å². The van der Waals surface area contributed by atoms with Gasteiger partial charge in [-0.25, -0.2) is 0 Å². The maximum atomic E-state index is 12.9. The van der Waals surface area contributed by atoms with E-state index in [9.17, 15) is 15.0 Å². The molecular weight excluding hydrogens is 318 g/mol. The number of hydrogen-bond donors (Lipinski definition) is 3. The van der Waals surface area contributed by atoms with Crippen LogP contribution in [0.5, 0.6) is 0 Å². The van der Waals surface area contributed by atoms with Crippen molar-refractivity contribution in [3.63, 3.8) is 0 Å². The van der Waals surface area contributed by atoms with Crippen LogP contribution in [0.1, 0.15) is 24.0 Å². The minimum Gasteiger partial charge on any atom is -0.388 e. The molecule has 1 heterocycles. The third-order valence-electron chi connectivity index (χ3n) is 4.61. The molecule has 0 bridgehead atoms. The van der Waals surface area contributed by atoms with Gasteiger partial charge >= 0.3 is 0 Å². The smallest absolute Gasteiger partial charge is 0.232 e. The number of hydrogen-bond acceptors (Lipinski definition) is 4. The highest BCUT2D eigenvalue weighted by Crippen LogP contribution is 2.25. The van der Waals surface area contributed by atoms with E-state index in [-0.39, 0.29) is 12.5 Å². The second-order valence-corrected chi connectivity index (χ2v) is 6.36. The number of rotatable bonds is 5. The number of aliphatic hydroxyl groups excluding tert-OH is 2. The van der Waals surface area contributed by atoms with E-state index >= 15 is 0 Å². The summed E-state index contributed by atoms with van der Waals surface area (Å²) in [7, 11) is 0. The number of nitrogens with one attached hydrogen (secondary N) is 1. The van der Waals surface area contributed by atoms with Gasteiger partial charge in [0.15, 0.2) is 0 Å². The van der Waals surface area contributed by atoms with Crippen molar-refractivity contribution in [3.8, 4) is 0 Å². The molecule has 3 N–H and O–H groups in total. The van der Waals surface area contributed by atoms with Gasteiger partial charge in [0.05, 0.1) is 12.0 Å². The average molecular weight is 341 g/mol. The Morgan fingerprint density at radius 2 is 1.52 bits per heavy atom. The maximum absolute atomic E-state index is 12.9. The highest BCUT2D eigenvalue weighted by atomic mass is 16.5. The Bertz CT molecular complexity index is 652. The van der Waals surface area contributed by atoms with E-state index in [1.165, 1.54) is 0 Å². The Morgan fingerprint density at radius 1 is 1.00 bits per heavy atom. The van der Waals surface area contributed by atoms with E-state index in [1.807, 2.05) is 60.7 Å². The maximum Gasteiger partial charge on any atom is 0.232 e. The van der Waals surface area contributed by atoms with Gasteiger partial charge in [0.2, 0.25) is 5.91 Å². The summed E-state index contributed by atoms with van der Waals surface area (Å²) >= 11 is 0. The summed E-state index contributed by atoms with van der Waals surface area (Å²) in [5, 5.41) is 22.6. The van der Waals surface area contributed by atoms with Crippen LogP contribution in [-0.2, 0) is 9.53 Å². The molecule has 2 unspecified atom stereocenters. The molecule has 2 aromatic rings. The van der Waals surface area contributed by atoms with Crippen LogP contribution in [-0.4, -0.2) is 47.1 Å². The first-order valence-electron chi connectivity index (χ1n) is 8.47. The van der Waals surface area contributed by atoms with Gasteiger partial charge in [-0.1, -0.05) is 60.7 Å². The summed E-state index contributed by atoms with van der Waals surface area (Å²) in [5.74, 6) is -0.606. The van der Waals surface area contributed by atoms with E-state index in [4.69, 9.17) is 4.74 Å². The monoisotopic (exact) mass is 341 g/mol. The van der Waals surface area contributed by atoms with E-state index in [0.29, 0.717) is 0 Å². The topological polar surface area (TPSA) is 78.8 Å². The molecule has 0 saturated carbocycles. The molecule has 132 valence electrons. The number of carbonyl (C=O) groups excluding carboxylic acids is 1. The van der Waals surface area contributed by atoms with Crippen molar-refractivity contribution in [2.24, 2.45) is 0 Å². The molecule has 5 heteroatoms. The first-order chi connectivity index (χ1) is 12.1. The predicted molar refractivity (Wildman–Crippen MR) is 94.1 cm³/mol. The SMILES string of the molecule is C[C@@H]1O[C@H](CNC(=O)C(c2ccccc2)c2ccccc2)C(O)C1O. The molecule has 1 fully saturated rings. The molecule has 3 rings (SSSR count). The molecule has 0 spiro atoms. The minimum atomic E-state index is -0.998. The van der Waals surface area contributed by atoms with Crippen molar-refractivity contribution >= 4 is 5.91 Å². The Labute approximate surface area is 147 Å². The summed E-state index contributed by atoms with van der Waals surface area (Å²) in [6, 6.07) is 19.1. The lowest BCUT2D eigenvalue weighted by atomic mass is 9.90. The molecule has 0 aliphatic carbocycles. The number of benzene rings is 2. The third-order valence-corrected chi connectivity index (χ3v) is 4.61. The largest absolute Gasteiger partial charge is 0.388 e. The lowest BCUT2D eigenvalue weighted by Gasteiger charge is -2.20. The van der Waals surface area contributed by atoms with Crippen molar-refractivity contribution in [1.29, 1.82) is 0 Å². The molecule has 0 aromatic heterocycles. The summed E-state index contributed by atoms with van der Waals surface area (Å²) < 4.78 is 5.51. The van der Waals surface area contributed by atoms with E-state index in [1.54, 1.807) is 6.92 Å². The van der Waals surface area contributed by atoms with Crippen LogP contribution >= 0.6 is 0 Å². The molecular formula is C20H23NO4. The van der Waals surface area contributed by atoms with Gasteiger partial charge < -0.3 is 20.3 Å². The van der Waals surface area contributed by atoms with Crippen LogP contribution in [0, 0.1) is 0 Å². The first kappa shape index (κ1) is 17.6.